The van der Waals surface area contributed by atoms with Crippen LogP contribution < -0.4 is 4.72 Å². The summed E-state index contributed by atoms with van der Waals surface area (Å²) in [6.07, 6.45) is 0. The third-order valence-corrected chi connectivity index (χ3v) is 4.52. The molecule has 0 aromatic heterocycles. The van der Waals surface area contributed by atoms with Crippen molar-refractivity contribution >= 4 is 10.3 Å². The molecule has 1 aliphatic rings. The minimum Gasteiger partial charge on any atom is -0.257 e. The average Bonchev–Trinajstić information content (AvgIpc) is 2.34. The number of benzene rings is 1. The topological polar surface area (TPSA) is 55.4 Å². The molecule has 0 spiro atoms. The third-order valence-electron chi connectivity index (χ3n) is 3.52. The molecule has 0 amide bonds. The van der Waals surface area contributed by atoms with E-state index in [1.54, 1.807) is 6.92 Å². The van der Waals surface area contributed by atoms with Gasteiger partial charge in [0.05, 0.1) is 12.1 Å². The van der Waals surface area contributed by atoms with Gasteiger partial charge in [0.25, 0.3) is 0 Å². The Hall–Kier alpha value is -0.910. The van der Waals surface area contributed by atoms with Crippen molar-refractivity contribution in [1.82, 2.24) is 4.72 Å². The Morgan fingerprint density at radius 1 is 1.29 bits per heavy atom. The Balaban J connectivity index is 2.63. The predicted molar refractivity (Wildman–Crippen MR) is 65.6 cm³/mol. The highest BCUT2D eigenvalue weighted by atomic mass is 32.2. The first kappa shape index (κ1) is 11.2. The van der Waals surface area contributed by atoms with Gasteiger partial charge in [-0.2, -0.15) is 13.1 Å². The summed E-state index contributed by atoms with van der Waals surface area (Å²) in [6, 6.07) is 9.22. The lowest BCUT2D eigenvalue weighted by atomic mass is 9.70. The Kier molecular flexibility index (Phi) is 2.50. The standard InChI is InChI=1S/C12H17NO3S/c1-11(2)9-16-17(14,15)13-12(11,3)10-7-5-4-6-8-10/h4-8,13H,9H2,1-3H3/i/hD. The fourth-order valence-electron chi connectivity index (χ4n) is 1.94. The van der Waals surface area contributed by atoms with E-state index in [1.807, 2.05) is 44.2 Å². The molecule has 0 saturated carbocycles. The van der Waals surface area contributed by atoms with Crippen LogP contribution in [-0.2, 0) is 20.0 Å². The Morgan fingerprint density at radius 3 is 2.47 bits per heavy atom. The summed E-state index contributed by atoms with van der Waals surface area (Å²) in [7, 11) is -3.99. The second kappa shape index (κ2) is 3.80. The predicted octanol–water partition coefficient (Wildman–Crippen LogP) is 1.79. The molecule has 1 aliphatic heterocycles. The van der Waals surface area contributed by atoms with Crippen LogP contribution in [0.1, 0.15) is 26.3 Å². The van der Waals surface area contributed by atoms with Gasteiger partial charge in [0, 0.05) is 5.41 Å². The molecule has 0 aliphatic carbocycles. The lowest BCUT2D eigenvalue weighted by Crippen LogP contribution is -2.59. The van der Waals surface area contributed by atoms with Crippen LogP contribution in [0.4, 0.5) is 0 Å². The summed E-state index contributed by atoms with van der Waals surface area (Å²) in [5.41, 5.74) is -0.663. The van der Waals surface area contributed by atoms with Crippen molar-refractivity contribution in [3.63, 3.8) is 0 Å². The van der Waals surface area contributed by atoms with E-state index in [0.717, 1.165) is 5.56 Å². The van der Waals surface area contributed by atoms with Gasteiger partial charge in [0.1, 0.15) is 1.41 Å². The fraction of sp³-hybridized carbons (Fsp3) is 0.500. The van der Waals surface area contributed by atoms with Crippen LogP contribution in [0, 0.1) is 5.41 Å². The molecule has 2 rings (SSSR count). The largest absolute Gasteiger partial charge is 0.336 e. The van der Waals surface area contributed by atoms with Gasteiger partial charge in [-0.05, 0) is 12.5 Å². The molecule has 1 heterocycles. The highest BCUT2D eigenvalue weighted by Crippen LogP contribution is 2.42. The van der Waals surface area contributed by atoms with Crippen LogP contribution in [0.25, 0.3) is 0 Å². The molecule has 5 heteroatoms. The highest BCUT2D eigenvalue weighted by Gasteiger charge is 2.49. The van der Waals surface area contributed by atoms with Crippen molar-refractivity contribution in [2.24, 2.45) is 5.41 Å². The van der Waals surface area contributed by atoms with E-state index in [1.165, 1.54) is 0 Å². The molecular weight excluding hydrogens is 238 g/mol. The van der Waals surface area contributed by atoms with Crippen molar-refractivity contribution in [3.8, 4) is 0 Å². The van der Waals surface area contributed by atoms with E-state index in [0.29, 0.717) is 4.72 Å². The minimum atomic E-state index is -3.99. The Bertz CT molecular complexity index is 544. The van der Waals surface area contributed by atoms with E-state index >= 15 is 0 Å². The lowest BCUT2D eigenvalue weighted by molar-refractivity contribution is 0.0544. The van der Waals surface area contributed by atoms with E-state index in [2.05, 4.69) is 0 Å². The maximum absolute atomic E-state index is 11.8. The maximum Gasteiger partial charge on any atom is 0.336 e. The van der Waals surface area contributed by atoms with Crippen LogP contribution in [-0.4, -0.2) is 15.0 Å². The number of nitrogens with one attached hydrogen (secondary N) is 1. The SMILES string of the molecule is [2H]N1C(C)(c2ccccc2)C(C)(C)COS1(=O)=O. The molecule has 4 nitrogen and oxygen atoms in total. The third kappa shape index (κ3) is 2.10. The Labute approximate surface area is 104 Å². The van der Waals surface area contributed by atoms with Gasteiger partial charge in [-0.15, -0.1) is 0 Å². The summed E-state index contributed by atoms with van der Waals surface area (Å²) >= 11 is 0. The van der Waals surface area contributed by atoms with Gasteiger partial charge in [-0.25, -0.2) is 0 Å². The molecule has 1 N–H and O–H groups in total. The van der Waals surface area contributed by atoms with Crippen LogP contribution in [0.5, 0.6) is 0 Å². The molecule has 0 radical (unpaired) electrons. The number of hydrogen-bond donors (Lipinski definition) is 1. The van der Waals surface area contributed by atoms with Crippen LogP contribution in [0.15, 0.2) is 30.3 Å². The normalized spacial score (nSPS) is 33.0. The summed E-state index contributed by atoms with van der Waals surface area (Å²) in [5, 5.41) is 0. The smallest absolute Gasteiger partial charge is 0.257 e. The molecule has 17 heavy (non-hydrogen) atoms. The van der Waals surface area contributed by atoms with Crippen molar-refractivity contribution in [2.75, 3.05) is 6.61 Å². The van der Waals surface area contributed by atoms with Crippen molar-refractivity contribution in [1.29, 1.82) is 0 Å². The average molecular weight is 256 g/mol. The first-order valence-electron chi connectivity index (χ1n) is 5.91. The summed E-state index contributed by atoms with van der Waals surface area (Å²) < 4.78 is 36.9. The number of hydrogen-bond acceptors (Lipinski definition) is 3. The summed E-state index contributed by atoms with van der Waals surface area (Å²) in [4.78, 5) is 0. The van der Waals surface area contributed by atoms with Gasteiger partial charge in [0.15, 0.2) is 0 Å². The van der Waals surface area contributed by atoms with E-state index in [4.69, 9.17) is 5.59 Å². The second-order valence-electron chi connectivity index (χ2n) is 5.10. The summed E-state index contributed by atoms with van der Waals surface area (Å²) in [5.74, 6) is 0. The van der Waals surface area contributed by atoms with E-state index in [9.17, 15) is 8.42 Å². The molecule has 1 unspecified atom stereocenters. The minimum absolute atomic E-state index is 0.0656. The van der Waals surface area contributed by atoms with E-state index < -0.39 is 21.3 Å². The molecule has 1 atom stereocenters. The molecular formula is C12H17NO3S. The van der Waals surface area contributed by atoms with Crippen LogP contribution in [0.3, 0.4) is 0 Å². The van der Waals surface area contributed by atoms with Crippen molar-refractivity contribution in [2.45, 2.75) is 26.3 Å². The zero-order valence-electron chi connectivity index (χ0n) is 11.2. The van der Waals surface area contributed by atoms with E-state index in [-0.39, 0.29) is 6.61 Å². The monoisotopic (exact) mass is 256 g/mol. The van der Waals surface area contributed by atoms with Gasteiger partial charge in [-0.1, -0.05) is 44.2 Å². The van der Waals surface area contributed by atoms with Gasteiger partial charge in [-0.3, -0.25) is 4.18 Å². The number of rotatable bonds is 1. The van der Waals surface area contributed by atoms with Crippen molar-refractivity contribution < 1.29 is 14.0 Å². The van der Waals surface area contributed by atoms with Crippen LogP contribution >= 0.6 is 0 Å². The zero-order valence-corrected chi connectivity index (χ0v) is 11.0. The zero-order chi connectivity index (χ0) is 13.6. The molecule has 0 bridgehead atoms. The van der Waals surface area contributed by atoms with Gasteiger partial charge >= 0.3 is 10.3 Å². The fourth-order valence-corrected chi connectivity index (χ4v) is 3.24. The second-order valence-corrected chi connectivity index (χ2v) is 6.38. The maximum atomic E-state index is 11.8. The van der Waals surface area contributed by atoms with Gasteiger partial charge < -0.3 is 0 Å². The lowest BCUT2D eigenvalue weighted by Gasteiger charge is -2.47. The van der Waals surface area contributed by atoms with Gasteiger partial charge in [0.2, 0.25) is 0 Å². The molecule has 1 fully saturated rings. The van der Waals surface area contributed by atoms with Crippen LogP contribution in [0.2, 0.25) is 1.41 Å². The molecule has 94 valence electrons. The quantitative estimate of drug-likeness (QED) is 0.833. The molecule has 1 saturated heterocycles. The Morgan fingerprint density at radius 2 is 1.88 bits per heavy atom. The molecule has 1 aromatic rings. The summed E-state index contributed by atoms with van der Waals surface area (Å²) in [6.45, 7) is 5.62. The first-order valence-corrected chi connectivity index (χ1v) is 6.82. The highest BCUT2D eigenvalue weighted by molar-refractivity contribution is 7.84. The first-order chi connectivity index (χ1) is 8.22. The van der Waals surface area contributed by atoms with Crippen molar-refractivity contribution in [3.05, 3.63) is 35.9 Å². The molecule has 1 aromatic carbocycles.